The number of nitrogens with zero attached hydrogens (tertiary/aromatic N) is 2. The molecule has 1 aliphatic heterocycles. The van der Waals surface area contributed by atoms with Crippen LogP contribution in [0.4, 0.5) is 4.79 Å². The van der Waals surface area contributed by atoms with Crippen molar-refractivity contribution in [1.29, 1.82) is 0 Å². The van der Waals surface area contributed by atoms with Gasteiger partial charge >= 0.3 is 6.03 Å². The fourth-order valence-electron chi connectivity index (χ4n) is 3.19. The number of rotatable bonds is 4. The van der Waals surface area contributed by atoms with E-state index in [1.807, 2.05) is 24.0 Å². The third-order valence-electron chi connectivity index (χ3n) is 4.56. The number of urea groups is 1. The first-order valence-corrected chi connectivity index (χ1v) is 9.52. The van der Waals surface area contributed by atoms with Gasteiger partial charge in [0.2, 0.25) is 0 Å². The molecule has 0 saturated carbocycles. The maximum atomic E-state index is 12.7. The first-order chi connectivity index (χ1) is 11.7. The van der Waals surface area contributed by atoms with Gasteiger partial charge in [-0.25, -0.2) is 4.79 Å². The van der Waals surface area contributed by atoms with Crippen molar-refractivity contribution in [2.24, 2.45) is 0 Å². The van der Waals surface area contributed by atoms with E-state index in [0.717, 1.165) is 30.5 Å². The van der Waals surface area contributed by atoms with Crippen molar-refractivity contribution in [1.82, 2.24) is 15.2 Å². The number of carbonyl (C=O) groups is 1. The second kappa shape index (κ2) is 7.71. The van der Waals surface area contributed by atoms with Crippen molar-refractivity contribution in [2.75, 3.05) is 12.8 Å². The Morgan fingerprint density at radius 2 is 1.96 bits per heavy atom. The summed E-state index contributed by atoms with van der Waals surface area (Å²) >= 11 is 1.72. The van der Waals surface area contributed by atoms with Gasteiger partial charge in [-0.3, -0.25) is 4.98 Å². The molecule has 1 unspecified atom stereocenters. The summed E-state index contributed by atoms with van der Waals surface area (Å²) in [5, 5.41) is 3.14. The Bertz CT molecular complexity index is 675. The van der Waals surface area contributed by atoms with Crippen molar-refractivity contribution < 1.29 is 4.79 Å². The van der Waals surface area contributed by atoms with Crippen molar-refractivity contribution in [3.8, 4) is 0 Å². The van der Waals surface area contributed by atoms with Crippen LogP contribution in [-0.4, -0.2) is 28.7 Å². The van der Waals surface area contributed by atoms with Gasteiger partial charge < -0.3 is 10.2 Å². The van der Waals surface area contributed by atoms with Crippen LogP contribution >= 0.6 is 11.8 Å². The molecule has 1 aliphatic rings. The first kappa shape index (κ1) is 16.8. The van der Waals surface area contributed by atoms with E-state index in [1.54, 1.807) is 24.2 Å². The summed E-state index contributed by atoms with van der Waals surface area (Å²) in [6.45, 7) is 2.83. The van der Waals surface area contributed by atoms with Gasteiger partial charge in [-0.05, 0) is 61.4 Å². The third kappa shape index (κ3) is 3.73. The van der Waals surface area contributed by atoms with Crippen molar-refractivity contribution in [2.45, 2.75) is 36.7 Å². The molecule has 1 aromatic carbocycles. The van der Waals surface area contributed by atoms with Crippen LogP contribution in [0.5, 0.6) is 0 Å². The highest BCUT2D eigenvalue weighted by atomic mass is 32.2. The molecule has 2 amide bonds. The van der Waals surface area contributed by atoms with Crippen LogP contribution in [0, 0.1) is 0 Å². The lowest BCUT2D eigenvalue weighted by Crippen LogP contribution is -2.40. The minimum Gasteiger partial charge on any atom is -0.331 e. The molecular formula is C19H23N3OS. The highest BCUT2D eigenvalue weighted by Gasteiger charge is 2.30. The number of likely N-dealkylation sites (tertiary alicyclic amines) is 1. The zero-order valence-electron chi connectivity index (χ0n) is 14.1. The van der Waals surface area contributed by atoms with E-state index in [-0.39, 0.29) is 18.1 Å². The zero-order chi connectivity index (χ0) is 16.9. The van der Waals surface area contributed by atoms with Crippen LogP contribution < -0.4 is 5.32 Å². The number of pyridine rings is 1. The van der Waals surface area contributed by atoms with Gasteiger partial charge in [-0.15, -0.1) is 11.8 Å². The average molecular weight is 341 g/mol. The molecule has 0 bridgehead atoms. The molecule has 0 radical (unpaired) electrons. The molecule has 4 nitrogen and oxygen atoms in total. The Hall–Kier alpha value is -2.01. The molecule has 2 aromatic rings. The molecule has 2 heterocycles. The lowest BCUT2D eigenvalue weighted by molar-refractivity contribution is 0.189. The van der Waals surface area contributed by atoms with Crippen LogP contribution in [0.2, 0.25) is 0 Å². The maximum absolute atomic E-state index is 12.7. The molecule has 2 atom stereocenters. The van der Waals surface area contributed by atoms with Crippen LogP contribution in [0.15, 0.2) is 53.7 Å². The van der Waals surface area contributed by atoms with E-state index < -0.39 is 0 Å². The Kier molecular flexibility index (Phi) is 5.41. The van der Waals surface area contributed by atoms with Crippen molar-refractivity contribution in [3.63, 3.8) is 0 Å². The van der Waals surface area contributed by atoms with Gasteiger partial charge in [0, 0.05) is 23.8 Å². The Morgan fingerprint density at radius 1 is 1.25 bits per heavy atom. The smallest absolute Gasteiger partial charge is 0.318 e. The lowest BCUT2D eigenvalue weighted by atomic mass is 10.1. The van der Waals surface area contributed by atoms with Gasteiger partial charge in [0.05, 0.1) is 12.1 Å². The average Bonchev–Trinajstić information content (AvgIpc) is 3.12. The number of thioether (sulfide) groups is 1. The Morgan fingerprint density at radius 3 is 2.62 bits per heavy atom. The molecule has 1 saturated heterocycles. The van der Waals surface area contributed by atoms with Crippen LogP contribution in [-0.2, 0) is 0 Å². The second-order valence-electron chi connectivity index (χ2n) is 6.08. The number of hydrogen-bond acceptors (Lipinski definition) is 3. The minimum absolute atomic E-state index is 0.00732. The van der Waals surface area contributed by atoms with Crippen LogP contribution in [0.1, 0.15) is 43.0 Å². The molecule has 0 spiro atoms. The number of hydrogen-bond donors (Lipinski definition) is 1. The highest BCUT2D eigenvalue weighted by Crippen LogP contribution is 2.31. The SMILES string of the molecule is CSc1ccc([C@@H](C)NC(=O)N2CCCC2c2ccncc2)cc1. The van der Waals surface area contributed by atoms with Crippen LogP contribution in [0.25, 0.3) is 0 Å². The fraction of sp³-hybridized carbons (Fsp3) is 0.368. The van der Waals surface area contributed by atoms with Gasteiger partial charge in [0.1, 0.15) is 0 Å². The van der Waals surface area contributed by atoms with Gasteiger partial charge in [-0.2, -0.15) is 0 Å². The fourth-order valence-corrected chi connectivity index (χ4v) is 3.59. The molecule has 126 valence electrons. The van der Waals surface area contributed by atoms with Gasteiger partial charge in [-0.1, -0.05) is 12.1 Å². The van der Waals surface area contributed by atoms with Crippen LogP contribution in [0.3, 0.4) is 0 Å². The Labute approximate surface area is 147 Å². The quantitative estimate of drug-likeness (QED) is 0.838. The molecular weight excluding hydrogens is 318 g/mol. The highest BCUT2D eigenvalue weighted by molar-refractivity contribution is 7.98. The summed E-state index contributed by atoms with van der Waals surface area (Å²) in [4.78, 5) is 20.0. The zero-order valence-corrected chi connectivity index (χ0v) is 14.9. The lowest BCUT2D eigenvalue weighted by Gasteiger charge is -2.27. The molecule has 3 rings (SSSR count). The molecule has 24 heavy (non-hydrogen) atoms. The van der Waals surface area contributed by atoms with E-state index in [0.29, 0.717) is 0 Å². The van der Waals surface area contributed by atoms with E-state index >= 15 is 0 Å². The van der Waals surface area contributed by atoms with Crippen molar-refractivity contribution >= 4 is 17.8 Å². The molecule has 0 aliphatic carbocycles. The predicted octanol–water partition coefficient (Wildman–Crippen LogP) is 4.41. The van der Waals surface area contributed by atoms with Gasteiger partial charge in [0.25, 0.3) is 0 Å². The predicted molar refractivity (Wildman–Crippen MR) is 98.1 cm³/mol. The first-order valence-electron chi connectivity index (χ1n) is 8.30. The molecule has 1 aromatic heterocycles. The largest absolute Gasteiger partial charge is 0.331 e. The number of aromatic nitrogens is 1. The van der Waals surface area contributed by atoms with E-state index in [1.165, 1.54) is 4.90 Å². The summed E-state index contributed by atoms with van der Waals surface area (Å²) in [5.41, 5.74) is 2.29. The van der Waals surface area contributed by atoms with Crippen molar-refractivity contribution in [3.05, 3.63) is 59.9 Å². The Balaban J connectivity index is 1.67. The van der Waals surface area contributed by atoms with Gasteiger partial charge in [0.15, 0.2) is 0 Å². The molecule has 1 fully saturated rings. The third-order valence-corrected chi connectivity index (χ3v) is 5.30. The molecule has 1 N–H and O–H groups in total. The summed E-state index contributed by atoms with van der Waals surface area (Å²) in [7, 11) is 0. The topological polar surface area (TPSA) is 45.2 Å². The number of nitrogens with one attached hydrogen (secondary N) is 1. The number of benzene rings is 1. The minimum atomic E-state index is -0.00732. The standard InChI is InChI=1S/C19H23N3OS/c1-14(15-5-7-17(24-2)8-6-15)21-19(23)22-13-3-4-18(22)16-9-11-20-12-10-16/h5-12,14,18H,3-4,13H2,1-2H3,(H,21,23)/t14-,18?/m1/s1. The number of carbonyl (C=O) groups excluding carboxylic acids is 1. The van der Waals surface area contributed by atoms with E-state index in [2.05, 4.69) is 40.8 Å². The normalized spacial score (nSPS) is 18.4. The maximum Gasteiger partial charge on any atom is 0.318 e. The van der Waals surface area contributed by atoms with E-state index in [4.69, 9.17) is 0 Å². The summed E-state index contributed by atoms with van der Waals surface area (Å²) in [6.07, 6.45) is 7.69. The summed E-state index contributed by atoms with van der Waals surface area (Å²) in [5.74, 6) is 0. The monoisotopic (exact) mass is 341 g/mol. The number of amides is 2. The molecule has 5 heteroatoms. The second-order valence-corrected chi connectivity index (χ2v) is 6.96. The van der Waals surface area contributed by atoms with E-state index in [9.17, 15) is 4.79 Å². The summed E-state index contributed by atoms with van der Waals surface area (Å²) < 4.78 is 0. The summed E-state index contributed by atoms with van der Waals surface area (Å²) in [6, 6.07) is 12.5.